The Hall–Kier alpha value is -2.40. The zero-order chi connectivity index (χ0) is 19.2. The molecule has 2 amide bonds. The normalized spacial score (nSPS) is 16.0. The Kier molecular flexibility index (Phi) is 6.45. The van der Waals surface area contributed by atoms with Crippen molar-refractivity contribution >= 4 is 23.4 Å². The van der Waals surface area contributed by atoms with Crippen LogP contribution in [-0.2, 0) is 11.2 Å². The van der Waals surface area contributed by atoms with Crippen molar-refractivity contribution in [2.24, 2.45) is 5.92 Å². The molecule has 5 nitrogen and oxygen atoms in total. The zero-order valence-corrected chi connectivity index (χ0v) is 16.2. The van der Waals surface area contributed by atoms with Crippen LogP contribution in [0.4, 0.5) is 0 Å². The van der Waals surface area contributed by atoms with Crippen LogP contribution in [0.5, 0.6) is 0 Å². The summed E-state index contributed by atoms with van der Waals surface area (Å²) in [5.41, 5.74) is 1.70. The molecule has 0 radical (unpaired) electrons. The maximum Gasteiger partial charge on any atom is 0.255 e. The monoisotopic (exact) mass is 385 g/mol. The van der Waals surface area contributed by atoms with E-state index < -0.39 is 0 Å². The molecule has 1 fully saturated rings. The Morgan fingerprint density at radius 1 is 1.26 bits per heavy atom. The van der Waals surface area contributed by atoms with Crippen molar-refractivity contribution in [3.63, 3.8) is 0 Å². The third-order valence-corrected chi connectivity index (χ3v) is 5.12. The molecule has 1 aliphatic rings. The Morgan fingerprint density at radius 3 is 2.70 bits per heavy atom. The predicted octanol–water partition coefficient (Wildman–Crippen LogP) is 3.33. The second kappa shape index (κ2) is 9.00. The van der Waals surface area contributed by atoms with Crippen molar-refractivity contribution in [2.45, 2.75) is 32.2 Å². The molecule has 0 saturated carbocycles. The first-order valence-corrected chi connectivity index (χ1v) is 9.65. The topological polar surface area (TPSA) is 62.3 Å². The quantitative estimate of drug-likeness (QED) is 0.858. The van der Waals surface area contributed by atoms with Crippen LogP contribution in [0.15, 0.2) is 48.8 Å². The second-order valence-electron chi connectivity index (χ2n) is 7.05. The summed E-state index contributed by atoms with van der Waals surface area (Å²) in [5.74, 6) is -0.000882. The summed E-state index contributed by atoms with van der Waals surface area (Å²) < 4.78 is 0. The average Bonchev–Trinajstić information content (AvgIpc) is 2.68. The van der Waals surface area contributed by atoms with E-state index in [1.165, 1.54) is 0 Å². The molecule has 1 atom stereocenters. The molecule has 0 unspecified atom stereocenters. The van der Waals surface area contributed by atoms with Gasteiger partial charge < -0.3 is 10.2 Å². The molecule has 1 aromatic heterocycles. The van der Waals surface area contributed by atoms with Crippen molar-refractivity contribution in [2.75, 3.05) is 13.1 Å². The number of amides is 2. The summed E-state index contributed by atoms with van der Waals surface area (Å²) in [7, 11) is 0. The molecule has 6 heteroatoms. The zero-order valence-electron chi connectivity index (χ0n) is 15.4. The third-order valence-electron chi connectivity index (χ3n) is 4.88. The van der Waals surface area contributed by atoms with Gasteiger partial charge in [-0.05, 0) is 56.0 Å². The molecule has 0 aliphatic carbocycles. The van der Waals surface area contributed by atoms with E-state index in [1.54, 1.807) is 29.4 Å². The van der Waals surface area contributed by atoms with E-state index in [9.17, 15) is 9.59 Å². The number of rotatable bonds is 5. The number of hydrogen-bond acceptors (Lipinski definition) is 3. The van der Waals surface area contributed by atoms with Gasteiger partial charge in [0.1, 0.15) is 0 Å². The first-order chi connectivity index (χ1) is 13.0. The summed E-state index contributed by atoms with van der Waals surface area (Å²) in [4.78, 5) is 30.8. The predicted molar refractivity (Wildman–Crippen MR) is 106 cm³/mol. The molecule has 3 rings (SSSR count). The van der Waals surface area contributed by atoms with Crippen LogP contribution in [0.25, 0.3) is 0 Å². The van der Waals surface area contributed by atoms with Crippen molar-refractivity contribution in [1.82, 2.24) is 15.2 Å². The van der Waals surface area contributed by atoms with Crippen LogP contribution in [0.3, 0.4) is 0 Å². The van der Waals surface area contributed by atoms with Crippen LogP contribution in [-0.4, -0.2) is 40.8 Å². The Balaban J connectivity index is 1.47. The van der Waals surface area contributed by atoms with Gasteiger partial charge in [-0.25, -0.2) is 0 Å². The summed E-state index contributed by atoms with van der Waals surface area (Å²) in [6.45, 7) is 3.18. The van der Waals surface area contributed by atoms with Gasteiger partial charge in [-0.2, -0.15) is 0 Å². The number of carbonyl (C=O) groups is 2. The van der Waals surface area contributed by atoms with E-state index in [1.807, 2.05) is 31.2 Å². The van der Waals surface area contributed by atoms with Gasteiger partial charge in [-0.1, -0.05) is 23.7 Å². The molecular formula is C21H24ClN3O2. The molecule has 1 saturated heterocycles. The Bertz CT molecular complexity index is 789. The molecule has 1 aliphatic heterocycles. The minimum Gasteiger partial charge on any atom is -0.353 e. The summed E-state index contributed by atoms with van der Waals surface area (Å²) >= 11 is 6.02. The van der Waals surface area contributed by atoms with E-state index in [0.717, 1.165) is 12.0 Å². The molecule has 0 bridgehead atoms. The van der Waals surface area contributed by atoms with E-state index in [2.05, 4.69) is 10.3 Å². The molecule has 142 valence electrons. The molecule has 27 heavy (non-hydrogen) atoms. The van der Waals surface area contributed by atoms with Crippen molar-refractivity contribution in [1.29, 1.82) is 0 Å². The summed E-state index contributed by atoms with van der Waals surface area (Å²) in [6.07, 6.45) is 5.34. The van der Waals surface area contributed by atoms with Gasteiger partial charge in [-0.3, -0.25) is 14.6 Å². The van der Waals surface area contributed by atoms with Crippen LogP contribution >= 0.6 is 11.6 Å². The highest BCUT2D eigenvalue weighted by Gasteiger charge is 2.28. The Labute approximate surface area is 164 Å². The molecule has 2 heterocycles. The number of hydrogen-bond donors (Lipinski definition) is 1. The lowest BCUT2D eigenvalue weighted by Gasteiger charge is -2.32. The molecule has 1 N–H and O–H groups in total. The number of piperidine rings is 1. The van der Waals surface area contributed by atoms with Gasteiger partial charge in [0.05, 0.1) is 5.56 Å². The largest absolute Gasteiger partial charge is 0.353 e. The molecule has 0 spiro atoms. The van der Waals surface area contributed by atoms with Gasteiger partial charge in [0.15, 0.2) is 0 Å². The first kappa shape index (κ1) is 19.4. The van der Waals surface area contributed by atoms with E-state index >= 15 is 0 Å². The lowest BCUT2D eigenvalue weighted by Crippen LogP contribution is -2.45. The van der Waals surface area contributed by atoms with Crippen LogP contribution in [0, 0.1) is 5.92 Å². The fraction of sp³-hybridized carbons (Fsp3) is 0.381. The highest BCUT2D eigenvalue weighted by molar-refractivity contribution is 6.30. The first-order valence-electron chi connectivity index (χ1n) is 9.27. The number of likely N-dealkylation sites (tertiary alicyclic amines) is 1. The van der Waals surface area contributed by atoms with Crippen molar-refractivity contribution < 1.29 is 9.59 Å². The second-order valence-corrected chi connectivity index (χ2v) is 7.49. The summed E-state index contributed by atoms with van der Waals surface area (Å²) in [5, 5.41) is 3.80. The number of nitrogens with zero attached hydrogens (tertiary/aromatic N) is 2. The highest BCUT2D eigenvalue weighted by atomic mass is 35.5. The number of nitrogens with one attached hydrogen (secondary N) is 1. The van der Waals surface area contributed by atoms with Gasteiger partial charge in [-0.15, -0.1) is 0 Å². The number of carbonyl (C=O) groups excluding carboxylic acids is 2. The molecule has 2 aromatic rings. The smallest absolute Gasteiger partial charge is 0.255 e. The maximum absolute atomic E-state index is 12.6. The van der Waals surface area contributed by atoms with Gasteiger partial charge >= 0.3 is 0 Å². The van der Waals surface area contributed by atoms with E-state index in [4.69, 9.17) is 11.6 Å². The number of benzene rings is 1. The number of pyridine rings is 1. The van der Waals surface area contributed by atoms with E-state index in [-0.39, 0.29) is 23.8 Å². The summed E-state index contributed by atoms with van der Waals surface area (Å²) in [6, 6.07) is 11.3. The lowest BCUT2D eigenvalue weighted by molar-refractivity contribution is -0.126. The average molecular weight is 386 g/mol. The van der Waals surface area contributed by atoms with Gasteiger partial charge in [0.25, 0.3) is 5.91 Å². The number of halogens is 1. The fourth-order valence-corrected chi connectivity index (χ4v) is 3.66. The number of aromatic nitrogens is 1. The van der Waals surface area contributed by atoms with Gasteiger partial charge in [0.2, 0.25) is 5.91 Å². The van der Waals surface area contributed by atoms with Crippen molar-refractivity contribution in [3.8, 4) is 0 Å². The minimum atomic E-state index is -0.0511. The van der Waals surface area contributed by atoms with Crippen LogP contribution in [0.2, 0.25) is 5.02 Å². The Morgan fingerprint density at radius 2 is 2.04 bits per heavy atom. The minimum absolute atomic E-state index is 0.0173. The lowest BCUT2D eigenvalue weighted by atomic mass is 9.95. The fourth-order valence-electron chi connectivity index (χ4n) is 3.45. The molecular weight excluding hydrogens is 362 g/mol. The van der Waals surface area contributed by atoms with E-state index in [0.29, 0.717) is 36.5 Å². The maximum atomic E-state index is 12.6. The highest BCUT2D eigenvalue weighted by Crippen LogP contribution is 2.20. The van der Waals surface area contributed by atoms with Crippen molar-refractivity contribution in [3.05, 3.63) is 64.9 Å². The molecule has 1 aromatic carbocycles. The van der Waals surface area contributed by atoms with Crippen LogP contribution in [0.1, 0.15) is 35.7 Å². The van der Waals surface area contributed by atoms with Gasteiger partial charge in [0, 0.05) is 42.5 Å². The standard InChI is InChI=1S/C21H24ClN3O2/c1-15(12-16-4-2-6-19(22)13-16)24-20(26)17-7-10-25(11-8-17)21(27)18-5-3-9-23-14-18/h2-6,9,13-15,17H,7-8,10-12H2,1H3,(H,24,26)/t15-/m0/s1. The third kappa shape index (κ3) is 5.30. The van der Waals surface area contributed by atoms with Crippen LogP contribution < -0.4 is 5.32 Å². The SMILES string of the molecule is C[C@@H](Cc1cccc(Cl)c1)NC(=O)C1CCN(C(=O)c2cccnc2)CC1.